The Hall–Kier alpha value is -1.15. The van der Waals surface area contributed by atoms with Gasteiger partial charge in [-0.3, -0.25) is 15.6 Å². The van der Waals surface area contributed by atoms with E-state index in [2.05, 4.69) is 18.2 Å². The van der Waals surface area contributed by atoms with Gasteiger partial charge < -0.3 is 0 Å². The van der Waals surface area contributed by atoms with Crippen LogP contribution in [0.4, 0.5) is 4.79 Å². The van der Waals surface area contributed by atoms with E-state index in [1.54, 1.807) is 16.7 Å². The zero-order valence-corrected chi connectivity index (χ0v) is 10.1. The number of carbonyl (C=O) groups is 1. The number of terminal acetylenes is 1. The lowest BCUT2D eigenvalue weighted by Gasteiger charge is -2.43. The first-order valence-electron chi connectivity index (χ1n) is 5.35. The number of rotatable bonds is 1. The predicted octanol–water partition coefficient (Wildman–Crippen LogP) is 1.28. The lowest BCUT2D eigenvalue weighted by Crippen LogP contribution is -2.57. The van der Waals surface area contributed by atoms with Gasteiger partial charge in [0.25, 0.3) is 0 Å². The lowest BCUT2D eigenvalue weighted by molar-refractivity contribution is 0.176. The van der Waals surface area contributed by atoms with Crippen molar-refractivity contribution in [3.05, 3.63) is 0 Å². The van der Waals surface area contributed by atoms with Gasteiger partial charge in [0.2, 0.25) is 0 Å². The molecule has 2 heterocycles. The third-order valence-electron chi connectivity index (χ3n) is 3.38. The Balaban J connectivity index is 2.38. The second-order valence-corrected chi connectivity index (χ2v) is 5.58. The Labute approximate surface area is 99.7 Å². The van der Waals surface area contributed by atoms with Crippen LogP contribution in [-0.2, 0) is 0 Å². The predicted molar refractivity (Wildman–Crippen MR) is 65.7 cm³/mol. The Kier molecular flexibility index (Phi) is 2.85. The van der Waals surface area contributed by atoms with Crippen LogP contribution in [-0.4, -0.2) is 39.9 Å². The fourth-order valence-corrected chi connectivity index (χ4v) is 3.83. The number of urea groups is 1. The van der Waals surface area contributed by atoms with Crippen LogP contribution in [0, 0.1) is 17.8 Å². The zero-order valence-electron chi connectivity index (χ0n) is 9.25. The fraction of sp³-hybridized carbons (Fsp3) is 0.636. The molecule has 0 aromatic heterocycles. The standard InChI is InChI=1S/C11H15N3OS/c1-3-6-14-10(15)13-9(12)11(14)5-4-7-16-8(11)2/h1,8H,4-7H2,2H3,(H2,12,13,15). The first kappa shape index (κ1) is 11.3. The summed E-state index contributed by atoms with van der Waals surface area (Å²) in [5.74, 6) is 3.92. The van der Waals surface area contributed by atoms with E-state index in [-0.39, 0.29) is 17.8 Å². The molecule has 0 aromatic rings. The second-order valence-electron chi connectivity index (χ2n) is 4.14. The smallest absolute Gasteiger partial charge is 0.299 e. The largest absolute Gasteiger partial charge is 0.324 e. The van der Waals surface area contributed by atoms with Crippen molar-refractivity contribution >= 4 is 23.6 Å². The Morgan fingerprint density at radius 3 is 3.19 bits per heavy atom. The molecule has 86 valence electrons. The average molecular weight is 237 g/mol. The molecule has 2 N–H and O–H groups in total. The molecule has 2 amide bonds. The van der Waals surface area contributed by atoms with E-state index in [1.165, 1.54) is 0 Å². The van der Waals surface area contributed by atoms with Gasteiger partial charge in [0, 0.05) is 5.25 Å². The van der Waals surface area contributed by atoms with Crippen molar-refractivity contribution in [2.75, 3.05) is 12.3 Å². The SMILES string of the molecule is C#CCN1C(=O)NC(=N)C12CCCSC2C. The topological polar surface area (TPSA) is 56.2 Å². The molecule has 1 spiro atoms. The van der Waals surface area contributed by atoms with Crippen LogP contribution in [0.2, 0.25) is 0 Å². The van der Waals surface area contributed by atoms with Crippen molar-refractivity contribution in [3.63, 3.8) is 0 Å². The van der Waals surface area contributed by atoms with Crippen LogP contribution >= 0.6 is 11.8 Å². The summed E-state index contributed by atoms with van der Waals surface area (Å²) in [7, 11) is 0. The van der Waals surface area contributed by atoms with Gasteiger partial charge in [-0.05, 0) is 18.6 Å². The number of amides is 2. The van der Waals surface area contributed by atoms with Crippen LogP contribution in [0.3, 0.4) is 0 Å². The number of nitrogens with one attached hydrogen (secondary N) is 2. The van der Waals surface area contributed by atoms with E-state index in [9.17, 15) is 4.79 Å². The quantitative estimate of drug-likeness (QED) is 0.675. The van der Waals surface area contributed by atoms with Gasteiger partial charge in [0.15, 0.2) is 0 Å². The van der Waals surface area contributed by atoms with Gasteiger partial charge in [-0.2, -0.15) is 11.8 Å². The van der Waals surface area contributed by atoms with Crippen LogP contribution in [0.25, 0.3) is 0 Å². The van der Waals surface area contributed by atoms with Crippen LogP contribution < -0.4 is 5.32 Å². The van der Waals surface area contributed by atoms with E-state index in [0.717, 1.165) is 18.6 Å². The molecule has 5 heteroatoms. The van der Waals surface area contributed by atoms with Crippen molar-refractivity contribution in [3.8, 4) is 12.3 Å². The van der Waals surface area contributed by atoms with Crippen LogP contribution in [0.5, 0.6) is 0 Å². The van der Waals surface area contributed by atoms with Gasteiger partial charge in [0.05, 0.1) is 6.54 Å². The molecule has 2 atom stereocenters. The lowest BCUT2D eigenvalue weighted by atomic mass is 9.87. The van der Waals surface area contributed by atoms with Crippen molar-refractivity contribution in [2.45, 2.75) is 30.6 Å². The number of carbonyl (C=O) groups excluding carboxylic acids is 1. The number of hydrogen-bond acceptors (Lipinski definition) is 3. The molecule has 0 saturated carbocycles. The van der Waals surface area contributed by atoms with Gasteiger partial charge in [-0.1, -0.05) is 12.8 Å². The van der Waals surface area contributed by atoms with Crippen molar-refractivity contribution in [2.24, 2.45) is 0 Å². The molecule has 0 radical (unpaired) electrons. The summed E-state index contributed by atoms with van der Waals surface area (Å²) in [4.78, 5) is 13.4. The Bertz CT molecular complexity index is 376. The summed E-state index contributed by atoms with van der Waals surface area (Å²) >= 11 is 1.81. The third-order valence-corrected chi connectivity index (χ3v) is 4.80. The van der Waals surface area contributed by atoms with Crippen molar-refractivity contribution in [1.29, 1.82) is 5.41 Å². The monoisotopic (exact) mass is 237 g/mol. The van der Waals surface area contributed by atoms with E-state index >= 15 is 0 Å². The number of thioether (sulfide) groups is 1. The molecule has 0 bridgehead atoms. The Morgan fingerprint density at radius 1 is 1.81 bits per heavy atom. The van der Waals surface area contributed by atoms with Gasteiger partial charge >= 0.3 is 6.03 Å². The van der Waals surface area contributed by atoms with Crippen LogP contribution in [0.1, 0.15) is 19.8 Å². The number of amidine groups is 1. The average Bonchev–Trinajstić information content (AvgIpc) is 2.48. The van der Waals surface area contributed by atoms with Gasteiger partial charge in [-0.15, -0.1) is 6.42 Å². The molecule has 2 saturated heterocycles. The molecule has 0 aliphatic carbocycles. The zero-order chi connectivity index (χ0) is 11.8. The highest BCUT2D eigenvalue weighted by Crippen LogP contribution is 2.41. The highest BCUT2D eigenvalue weighted by Gasteiger charge is 2.54. The molecule has 16 heavy (non-hydrogen) atoms. The molecule has 2 fully saturated rings. The first-order valence-corrected chi connectivity index (χ1v) is 6.40. The molecule has 2 aliphatic heterocycles. The normalized spacial score (nSPS) is 34.0. The van der Waals surface area contributed by atoms with E-state index in [0.29, 0.717) is 5.84 Å². The molecule has 2 aliphatic rings. The van der Waals surface area contributed by atoms with E-state index in [4.69, 9.17) is 11.8 Å². The summed E-state index contributed by atoms with van der Waals surface area (Å²) in [6.45, 7) is 2.35. The highest BCUT2D eigenvalue weighted by molar-refractivity contribution is 8.00. The minimum Gasteiger partial charge on any atom is -0.299 e. The maximum Gasteiger partial charge on any atom is 0.324 e. The maximum atomic E-state index is 11.8. The number of hydrogen-bond donors (Lipinski definition) is 2. The fourth-order valence-electron chi connectivity index (χ4n) is 2.53. The summed E-state index contributed by atoms with van der Waals surface area (Å²) in [6, 6.07) is -0.225. The van der Waals surface area contributed by atoms with Crippen molar-refractivity contribution < 1.29 is 4.79 Å². The summed E-state index contributed by atoms with van der Waals surface area (Å²) in [5, 5.41) is 10.8. The molecule has 0 aromatic carbocycles. The summed E-state index contributed by atoms with van der Waals surface area (Å²) < 4.78 is 0. The summed E-state index contributed by atoms with van der Waals surface area (Å²) in [6.07, 6.45) is 7.16. The second kappa shape index (κ2) is 4.02. The van der Waals surface area contributed by atoms with Gasteiger partial charge in [0.1, 0.15) is 11.4 Å². The minimum atomic E-state index is -0.494. The molecular formula is C11H15N3OS. The molecular weight excluding hydrogens is 222 g/mol. The summed E-state index contributed by atoms with van der Waals surface area (Å²) in [5.41, 5.74) is -0.494. The third kappa shape index (κ3) is 1.40. The molecule has 2 rings (SSSR count). The van der Waals surface area contributed by atoms with Crippen LogP contribution in [0.15, 0.2) is 0 Å². The maximum absolute atomic E-state index is 11.8. The Morgan fingerprint density at radius 2 is 2.56 bits per heavy atom. The van der Waals surface area contributed by atoms with Crippen molar-refractivity contribution in [1.82, 2.24) is 10.2 Å². The van der Waals surface area contributed by atoms with E-state index < -0.39 is 5.54 Å². The van der Waals surface area contributed by atoms with Gasteiger partial charge in [-0.25, -0.2) is 4.79 Å². The molecule has 2 unspecified atom stereocenters. The minimum absolute atomic E-state index is 0.223. The number of nitrogens with zero attached hydrogens (tertiary/aromatic N) is 1. The van der Waals surface area contributed by atoms with E-state index in [1.807, 2.05) is 0 Å². The highest BCUT2D eigenvalue weighted by atomic mass is 32.2. The molecule has 4 nitrogen and oxygen atoms in total. The first-order chi connectivity index (χ1) is 7.63.